The van der Waals surface area contributed by atoms with Gasteiger partial charge in [-0.25, -0.2) is 4.79 Å². The standard InChI is InChI=1S/C15H16N4O4/c20-15(23-19-5-1-4-16-19)18-8-6-17(7-9-18)12-2-3-13-14(10-12)22-11-21-13/h1-5,10H,6-9,11H2. The summed E-state index contributed by atoms with van der Waals surface area (Å²) in [7, 11) is 0. The van der Waals surface area contributed by atoms with E-state index >= 15 is 0 Å². The molecule has 0 bridgehead atoms. The highest BCUT2D eigenvalue weighted by Crippen LogP contribution is 2.35. The van der Waals surface area contributed by atoms with Gasteiger partial charge in [-0.15, -0.1) is 5.10 Å². The molecular weight excluding hydrogens is 300 g/mol. The minimum absolute atomic E-state index is 0.270. The van der Waals surface area contributed by atoms with Crippen molar-refractivity contribution in [3.63, 3.8) is 0 Å². The molecule has 1 saturated heterocycles. The molecule has 8 heteroatoms. The molecule has 3 heterocycles. The van der Waals surface area contributed by atoms with Gasteiger partial charge in [0.2, 0.25) is 6.79 Å². The number of fused-ring (bicyclic) bond motifs is 1. The van der Waals surface area contributed by atoms with Gasteiger partial charge >= 0.3 is 6.09 Å². The summed E-state index contributed by atoms with van der Waals surface area (Å²) in [5, 5.41) is 3.86. The number of aromatic nitrogens is 2. The minimum atomic E-state index is -0.390. The summed E-state index contributed by atoms with van der Waals surface area (Å²) in [6, 6.07) is 7.59. The second-order valence-corrected chi connectivity index (χ2v) is 5.28. The zero-order valence-electron chi connectivity index (χ0n) is 12.4. The van der Waals surface area contributed by atoms with Crippen molar-refractivity contribution in [3.8, 4) is 11.5 Å². The lowest BCUT2D eigenvalue weighted by molar-refractivity contribution is 0.0770. The Labute approximate surface area is 132 Å². The molecule has 2 aliphatic heterocycles. The van der Waals surface area contributed by atoms with Crippen molar-refractivity contribution in [2.45, 2.75) is 0 Å². The van der Waals surface area contributed by atoms with Gasteiger partial charge < -0.3 is 19.3 Å². The fourth-order valence-electron chi connectivity index (χ4n) is 2.68. The van der Waals surface area contributed by atoms with Crippen LogP contribution in [0.3, 0.4) is 0 Å². The van der Waals surface area contributed by atoms with E-state index in [0.29, 0.717) is 13.1 Å². The van der Waals surface area contributed by atoms with Crippen LogP contribution in [0.4, 0.5) is 10.5 Å². The number of carbonyl (C=O) groups is 1. The molecule has 0 radical (unpaired) electrons. The number of ether oxygens (including phenoxy) is 2. The Morgan fingerprint density at radius 3 is 2.74 bits per heavy atom. The molecule has 1 amide bonds. The van der Waals surface area contributed by atoms with Crippen molar-refractivity contribution < 1.29 is 19.1 Å². The monoisotopic (exact) mass is 316 g/mol. The highest BCUT2D eigenvalue weighted by molar-refractivity contribution is 5.68. The van der Waals surface area contributed by atoms with Gasteiger partial charge in [0.1, 0.15) is 0 Å². The number of carbonyl (C=O) groups excluding carboxylic acids is 1. The predicted octanol–water partition coefficient (Wildman–Crippen LogP) is 0.983. The van der Waals surface area contributed by atoms with Crippen LogP contribution < -0.4 is 19.2 Å². The molecule has 0 spiro atoms. The first-order chi connectivity index (χ1) is 11.3. The van der Waals surface area contributed by atoms with Crippen molar-refractivity contribution in [1.29, 1.82) is 0 Å². The summed E-state index contributed by atoms with van der Waals surface area (Å²) >= 11 is 0. The van der Waals surface area contributed by atoms with E-state index in [1.54, 1.807) is 23.4 Å². The smallest absolute Gasteiger partial charge is 0.436 e. The van der Waals surface area contributed by atoms with E-state index in [2.05, 4.69) is 10.00 Å². The Kier molecular flexibility index (Phi) is 3.41. The average molecular weight is 316 g/mol. The number of hydrogen-bond acceptors (Lipinski definition) is 6. The second kappa shape index (κ2) is 5.71. The summed E-state index contributed by atoms with van der Waals surface area (Å²) < 4.78 is 10.7. The predicted molar refractivity (Wildman–Crippen MR) is 80.6 cm³/mol. The number of rotatable bonds is 2. The zero-order valence-corrected chi connectivity index (χ0v) is 12.4. The summed E-state index contributed by atoms with van der Waals surface area (Å²) in [6.45, 7) is 2.91. The van der Waals surface area contributed by atoms with Crippen molar-refractivity contribution in [3.05, 3.63) is 36.7 Å². The molecule has 0 aliphatic carbocycles. The number of hydrogen-bond donors (Lipinski definition) is 0. The van der Waals surface area contributed by atoms with Crippen LogP contribution in [-0.4, -0.2) is 53.9 Å². The molecule has 2 aromatic rings. The Balaban J connectivity index is 1.36. The topological polar surface area (TPSA) is 69.1 Å². The van der Waals surface area contributed by atoms with Crippen molar-refractivity contribution in [2.24, 2.45) is 0 Å². The number of anilines is 1. The summed E-state index contributed by atoms with van der Waals surface area (Å²) in [5.41, 5.74) is 1.06. The van der Waals surface area contributed by atoms with Gasteiger partial charge in [0.15, 0.2) is 11.5 Å². The first kappa shape index (κ1) is 13.7. The van der Waals surface area contributed by atoms with Crippen molar-refractivity contribution in [2.75, 3.05) is 37.9 Å². The van der Waals surface area contributed by atoms with Crippen LogP contribution in [0.1, 0.15) is 0 Å². The first-order valence-electron chi connectivity index (χ1n) is 7.41. The minimum Gasteiger partial charge on any atom is -0.454 e. The second-order valence-electron chi connectivity index (χ2n) is 5.28. The summed E-state index contributed by atoms with van der Waals surface area (Å²) in [4.78, 5) is 22.2. The van der Waals surface area contributed by atoms with Crippen molar-refractivity contribution >= 4 is 11.8 Å². The van der Waals surface area contributed by atoms with Gasteiger partial charge in [0, 0.05) is 37.9 Å². The van der Waals surface area contributed by atoms with Gasteiger partial charge in [-0.1, -0.05) is 4.85 Å². The zero-order chi connectivity index (χ0) is 15.6. The lowest BCUT2D eigenvalue weighted by Gasteiger charge is -2.35. The van der Waals surface area contributed by atoms with E-state index < -0.39 is 0 Å². The van der Waals surface area contributed by atoms with Gasteiger partial charge in [-0.2, -0.15) is 0 Å². The van der Waals surface area contributed by atoms with Crippen LogP contribution in [0.2, 0.25) is 0 Å². The summed E-state index contributed by atoms with van der Waals surface area (Å²) in [5.74, 6) is 1.54. The largest absolute Gasteiger partial charge is 0.454 e. The van der Waals surface area contributed by atoms with E-state index in [1.807, 2.05) is 18.2 Å². The maximum atomic E-state index is 12.0. The quantitative estimate of drug-likeness (QED) is 0.823. The molecule has 0 saturated carbocycles. The Bertz CT molecular complexity index is 696. The van der Waals surface area contributed by atoms with E-state index in [0.717, 1.165) is 35.1 Å². The van der Waals surface area contributed by atoms with Crippen LogP contribution in [0.5, 0.6) is 11.5 Å². The molecular formula is C15H16N4O4. The molecule has 0 N–H and O–H groups in total. The van der Waals surface area contributed by atoms with Crippen LogP contribution >= 0.6 is 0 Å². The average Bonchev–Trinajstić information content (AvgIpc) is 3.25. The molecule has 0 unspecified atom stereocenters. The molecule has 4 rings (SSSR count). The van der Waals surface area contributed by atoms with Crippen molar-refractivity contribution in [1.82, 2.24) is 14.8 Å². The first-order valence-corrected chi connectivity index (χ1v) is 7.41. The van der Waals surface area contributed by atoms with Gasteiger partial charge in [0.05, 0.1) is 12.4 Å². The molecule has 8 nitrogen and oxygen atoms in total. The molecule has 120 valence electrons. The fraction of sp³-hybridized carbons (Fsp3) is 0.333. The van der Waals surface area contributed by atoms with Crippen LogP contribution in [0.15, 0.2) is 36.7 Å². The van der Waals surface area contributed by atoms with Gasteiger partial charge in [-0.05, 0) is 18.2 Å². The Morgan fingerprint density at radius 1 is 1.13 bits per heavy atom. The molecule has 1 aromatic carbocycles. The lowest BCUT2D eigenvalue weighted by atomic mass is 10.2. The van der Waals surface area contributed by atoms with E-state index in [9.17, 15) is 4.79 Å². The Morgan fingerprint density at radius 2 is 1.96 bits per heavy atom. The number of benzene rings is 1. The third-order valence-corrected chi connectivity index (χ3v) is 3.91. The molecule has 1 aromatic heterocycles. The number of piperazine rings is 1. The SMILES string of the molecule is O=C(On1cccn1)N1CCN(c2ccc3c(c2)OCO3)CC1. The van der Waals surface area contributed by atoms with Crippen LogP contribution in [-0.2, 0) is 0 Å². The highest BCUT2D eigenvalue weighted by Gasteiger charge is 2.24. The molecule has 2 aliphatic rings. The Hall–Kier alpha value is -2.90. The van der Waals surface area contributed by atoms with E-state index in [1.165, 1.54) is 0 Å². The van der Waals surface area contributed by atoms with E-state index in [-0.39, 0.29) is 12.9 Å². The maximum absolute atomic E-state index is 12.0. The van der Waals surface area contributed by atoms with Crippen LogP contribution in [0, 0.1) is 0 Å². The number of nitrogens with zero attached hydrogens (tertiary/aromatic N) is 4. The maximum Gasteiger partial charge on any atom is 0.436 e. The summed E-state index contributed by atoms with van der Waals surface area (Å²) in [6.07, 6.45) is 2.75. The fourth-order valence-corrected chi connectivity index (χ4v) is 2.68. The molecule has 1 fully saturated rings. The van der Waals surface area contributed by atoms with Gasteiger partial charge in [0.25, 0.3) is 0 Å². The van der Waals surface area contributed by atoms with E-state index in [4.69, 9.17) is 14.3 Å². The molecule has 23 heavy (non-hydrogen) atoms. The van der Waals surface area contributed by atoms with Crippen LogP contribution in [0.25, 0.3) is 0 Å². The lowest BCUT2D eigenvalue weighted by Crippen LogP contribution is -2.50. The third-order valence-electron chi connectivity index (χ3n) is 3.91. The molecule has 0 atom stereocenters. The number of amides is 1. The normalized spacial score (nSPS) is 16.5. The highest BCUT2D eigenvalue weighted by atomic mass is 16.7. The van der Waals surface area contributed by atoms with Gasteiger partial charge in [-0.3, -0.25) is 4.84 Å². The third kappa shape index (κ3) is 2.75.